The van der Waals surface area contributed by atoms with Crippen LogP contribution in [0.4, 0.5) is 0 Å². The average molecular weight is 161 g/mol. The molecule has 0 aliphatic rings. The molecule has 0 radical (unpaired) electrons. The average Bonchev–Trinajstić information content (AvgIpc) is 2.47. The number of furan rings is 1. The fraction of sp³-hybridized carbons (Fsp3) is 0.300. The Morgan fingerprint density at radius 2 is 2.42 bits per heavy atom. The van der Waals surface area contributed by atoms with Gasteiger partial charge in [-0.3, -0.25) is 4.98 Å². The fourth-order valence-electron chi connectivity index (χ4n) is 1.31. The van der Waals surface area contributed by atoms with Crippen LogP contribution in [-0.2, 0) is 6.42 Å². The number of aryl methyl sites for hydroxylation is 1. The lowest BCUT2D eigenvalue weighted by Crippen LogP contribution is -1.74. The van der Waals surface area contributed by atoms with Crippen LogP contribution in [0.3, 0.4) is 0 Å². The number of aromatic nitrogens is 1. The van der Waals surface area contributed by atoms with Crippen molar-refractivity contribution >= 4 is 11.0 Å². The molecule has 2 aromatic heterocycles. The molecule has 2 nitrogen and oxygen atoms in total. The lowest BCUT2D eigenvalue weighted by Gasteiger charge is -1.87. The van der Waals surface area contributed by atoms with Crippen LogP contribution in [0.25, 0.3) is 11.0 Å². The van der Waals surface area contributed by atoms with Gasteiger partial charge < -0.3 is 4.42 Å². The molecule has 0 N–H and O–H groups in total. The maximum Gasteiger partial charge on any atom is 0.152 e. The van der Waals surface area contributed by atoms with Gasteiger partial charge in [-0.15, -0.1) is 0 Å². The van der Waals surface area contributed by atoms with Gasteiger partial charge in [-0.05, 0) is 18.6 Å². The van der Waals surface area contributed by atoms with Gasteiger partial charge >= 0.3 is 0 Å². The summed E-state index contributed by atoms with van der Waals surface area (Å²) in [5, 5.41) is 1.15. The van der Waals surface area contributed by atoms with Crippen LogP contribution in [0.1, 0.15) is 19.1 Å². The standard InChI is InChI=1S/C10H11NO/c1-2-3-9-6-8-4-5-11-7-10(8)12-9/h4-7H,2-3H2,1H3. The second kappa shape index (κ2) is 2.97. The Morgan fingerprint density at radius 3 is 3.17 bits per heavy atom. The van der Waals surface area contributed by atoms with E-state index in [0.717, 1.165) is 29.6 Å². The maximum absolute atomic E-state index is 5.55. The third kappa shape index (κ3) is 1.20. The van der Waals surface area contributed by atoms with Crippen molar-refractivity contribution in [1.29, 1.82) is 0 Å². The third-order valence-corrected chi connectivity index (χ3v) is 1.87. The minimum absolute atomic E-state index is 0.890. The quantitative estimate of drug-likeness (QED) is 0.676. The van der Waals surface area contributed by atoms with E-state index in [1.54, 1.807) is 12.4 Å². The predicted molar refractivity (Wildman–Crippen MR) is 48.0 cm³/mol. The van der Waals surface area contributed by atoms with E-state index in [0.29, 0.717) is 0 Å². The van der Waals surface area contributed by atoms with Gasteiger partial charge in [0.15, 0.2) is 5.58 Å². The SMILES string of the molecule is CCCc1cc2ccncc2o1. The van der Waals surface area contributed by atoms with Crippen LogP contribution in [0.5, 0.6) is 0 Å². The summed E-state index contributed by atoms with van der Waals surface area (Å²) in [4.78, 5) is 3.99. The smallest absolute Gasteiger partial charge is 0.152 e. The monoisotopic (exact) mass is 161 g/mol. The molecule has 12 heavy (non-hydrogen) atoms. The van der Waals surface area contributed by atoms with Crippen molar-refractivity contribution in [2.24, 2.45) is 0 Å². The van der Waals surface area contributed by atoms with Gasteiger partial charge in [-0.1, -0.05) is 6.92 Å². The van der Waals surface area contributed by atoms with Crippen LogP contribution in [0.15, 0.2) is 28.9 Å². The number of pyridine rings is 1. The Hall–Kier alpha value is -1.31. The summed E-state index contributed by atoms with van der Waals surface area (Å²) in [7, 11) is 0. The van der Waals surface area contributed by atoms with Crippen LogP contribution in [0, 0.1) is 0 Å². The van der Waals surface area contributed by atoms with Crippen molar-refractivity contribution in [2.45, 2.75) is 19.8 Å². The van der Waals surface area contributed by atoms with E-state index in [1.807, 2.05) is 6.07 Å². The number of rotatable bonds is 2. The Bertz CT molecular complexity index is 345. The molecule has 2 rings (SSSR count). The first kappa shape index (κ1) is 7.35. The lowest BCUT2D eigenvalue weighted by atomic mass is 10.2. The topological polar surface area (TPSA) is 26.0 Å². The number of nitrogens with zero attached hydrogens (tertiary/aromatic N) is 1. The number of fused-ring (bicyclic) bond motifs is 1. The molecule has 2 aromatic rings. The van der Waals surface area contributed by atoms with Gasteiger partial charge in [0.1, 0.15) is 5.76 Å². The van der Waals surface area contributed by atoms with Crippen LogP contribution in [-0.4, -0.2) is 4.98 Å². The van der Waals surface area contributed by atoms with Gasteiger partial charge in [0, 0.05) is 18.0 Å². The molecule has 0 atom stereocenters. The summed E-state index contributed by atoms with van der Waals surface area (Å²) in [6.07, 6.45) is 5.67. The Morgan fingerprint density at radius 1 is 1.50 bits per heavy atom. The molecule has 2 heterocycles. The molecule has 0 saturated heterocycles. The summed E-state index contributed by atoms with van der Waals surface area (Å²) in [5.41, 5.74) is 0.890. The molecule has 0 aliphatic carbocycles. The molecule has 0 bridgehead atoms. The molecule has 0 aromatic carbocycles. The predicted octanol–water partition coefficient (Wildman–Crippen LogP) is 2.78. The lowest BCUT2D eigenvalue weighted by molar-refractivity contribution is 0.543. The summed E-state index contributed by atoms with van der Waals surface area (Å²) >= 11 is 0. The highest BCUT2D eigenvalue weighted by atomic mass is 16.3. The third-order valence-electron chi connectivity index (χ3n) is 1.87. The summed E-state index contributed by atoms with van der Waals surface area (Å²) in [6, 6.07) is 4.05. The molecular formula is C10H11NO. The molecule has 0 unspecified atom stereocenters. The van der Waals surface area contributed by atoms with Crippen molar-refractivity contribution in [2.75, 3.05) is 0 Å². The maximum atomic E-state index is 5.55. The molecule has 0 fully saturated rings. The van der Waals surface area contributed by atoms with E-state index in [9.17, 15) is 0 Å². The molecule has 2 heteroatoms. The van der Waals surface area contributed by atoms with Gasteiger partial charge in [0.05, 0.1) is 6.20 Å². The first-order valence-corrected chi connectivity index (χ1v) is 4.22. The number of hydrogen-bond donors (Lipinski definition) is 0. The first-order valence-electron chi connectivity index (χ1n) is 4.22. The van der Waals surface area contributed by atoms with Gasteiger partial charge in [0.25, 0.3) is 0 Å². The first-order chi connectivity index (χ1) is 5.90. The van der Waals surface area contributed by atoms with E-state index < -0.39 is 0 Å². The van der Waals surface area contributed by atoms with Crippen molar-refractivity contribution in [3.05, 3.63) is 30.3 Å². The Labute approximate surface area is 71.2 Å². The summed E-state index contributed by atoms with van der Waals surface area (Å²) in [6.45, 7) is 2.14. The highest BCUT2D eigenvalue weighted by Crippen LogP contribution is 2.18. The second-order valence-electron chi connectivity index (χ2n) is 2.88. The van der Waals surface area contributed by atoms with E-state index in [-0.39, 0.29) is 0 Å². The Balaban J connectivity index is 2.47. The molecule has 62 valence electrons. The van der Waals surface area contributed by atoms with Crippen LogP contribution < -0.4 is 0 Å². The largest absolute Gasteiger partial charge is 0.459 e. The molecule has 0 amide bonds. The van der Waals surface area contributed by atoms with E-state index >= 15 is 0 Å². The fourth-order valence-corrected chi connectivity index (χ4v) is 1.31. The van der Waals surface area contributed by atoms with Crippen molar-refractivity contribution in [3.63, 3.8) is 0 Å². The van der Waals surface area contributed by atoms with Gasteiger partial charge in [-0.2, -0.15) is 0 Å². The van der Waals surface area contributed by atoms with Crippen LogP contribution >= 0.6 is 0 Å². The summed E-state index contributed by atoms with van der Waals surface area (Å²) < 4.78 is 5.55. The zero-order chi connectivity index (χ0) is 8.39. The zero-order valence-electron chi connectivity index (χ0n) is 7.08. The minimum atomic E-state index is 0.890. The van der Waals surface area contributed by atoms with Gasteiger partial charge in [-0.25, -0.2) is 0 Å². The molecule has 0 spiro atoms. The minimum Gasteiger partial charge on any atom is -0.459 e. The van der Waals surface area contributed by atoms with Crippen LogP contribution in [0.2, 0.25) is 0 Å². The number of hydrogen-bond acceptors (Lipinski definition) is 2. The Kier molecular flexibility index (Phi) is 1.82. The van der Waals surface area contributed by atoms with E-state index in [1.165, 1.54) is 0 Å². The van der Waals surface area contributed by atoms with E-state index in [2.05, 4.69) is 18.0 Å². The normalized spacial score (nSPS) is 10.8. The van der Waals surface area contributed by atoms with Gasteiger partial charge in [0.2, 0.25) is 0 Å². The van der Waals surface area contributed by atoms with Crippen molar-refractivity contribution in [1.82, 2.24) is 4.98 Å². The van der Waals surface area contributed by atoms with E-state index in [4.69, 9.17) is 4.42 Å². The molecule has 0 saturated carbocycles. The summed E-state index contributed by atoms with van der Waals surface area (Å²) in [5.74, 6) is 1.06. The highest BCUT2D eigenvalue weighted by molar-refractivity contribution is 5.76. The second-order valence-corrected chi connectivity index (χ2v) is 2.88. The molecular weight excluding hydrogens is 150 g/mol. The highest BCUT2D eigenvalue weighted by Gasteiger charge is 2.00. The zero-order valence-corrected chi connectivity index (χ0v) is 7.08. The van der Waals surface area contributed by atoms with Crippen molar-refractivity contribution < 1.29 is 4.42 Å². The van der Waals surface area contributed by atoms with Crippen molar-refractivity contribution in [3.8, 4) is 0 Å². The molecule has 0 aliphatic heterocycles.